The molecule has 0 bridgehead atoms. The van der Waals surface area contributed by atoms with Crippen molar-refractivity contribution in [2.45, 2.75) is 18.9 Å². The third-order valence-electron chi connectivity index (χ3n) is 4.61. The highest BCUT2D eigenvalue weighted by Gasteiger charge is 2.32. The Balaban J connectivity index is 1.76. The van der Waals surface area contributed by atoms with Crippen LogP contribution in [-0.4, -0.2) is 35.7 Å². The number of hydrogen-bond acceptors (Lipinski definition) is 4. The third kappa shape index (κ3) is 4.11. The van der Waals surface area contributed by atoms with Crippen molar-refractivity contribution >= 4 is 29.1 Å². The summed E-state index contributed by atoms with van der Waals surface area (Å²) in [6.45, 7) is 0.926. The van der Waals surface area contributed by atoms with Gasteiger partial charge in [-0.3, -0.25) is 14.4 Å². The van der Waals surface area contributed by atoms with Crippen molar-refractivity contribution in [3.8, 4) is 0 Å². The Hall–Kier alpha value is -2.67. The Morgan fingerprint density at radius 2 is 1.77 bits per heavy atom. The lowest BCUT2D eigenvalue weighted by Gasteiger charge is -2.33. The van der Waals surface area contributed by atoms with Crippen molar-refractivity contribution in [2.75, 3.05) is 13.1 Å². The predicted molar refractivity (Wildman–Crippen MR) is 99.5 cm³/mol. The zero-order chi connectivity index (χ0) is 18.5. The Morgan fingerprint density at radius 1 is 1.08 bits per heavy atom. The van der Waals surface area contributed by atoms with Crippen LogP contribution in [0.2, 0.25) is 0 Å². The molecule has 1 aliphatic rings. The number of likely N-dealkylation sites (tertiary alicyclic amines) is 1. The van der Waals surface area contributed by atoms with Crippen molar-refractivity contribution in [2.24, 2.45) is 11.7 Å². The Bertz CT molecular complexity index is 769. The number of nitrogens with one attached hydrogen (secondary N) is 1. The van der Waals surface area contributed by atoms with Gasteiger partial charge in [-0.25, -0.2) is 0 Å². The molecule has 3 N–H and O–H groups in total. The SMILES string of the molecule is NC(=O)C1CCN(C(=O)C(NC(=O)c2cccs2)c2ccccc2)CC1. The van der Waals surface area contributed by atoms with Gasteiger partial charge >= 0.3 is 0 Å². The van der Waals surface area contributed by atoms with E-state index in [1.807, 2.05) is 35.7 Å². The third-order valence-corrected chi connectivity index (χ3v) is 5.48. The van der Waals surface area contributed by atoms with E-state index in [2.05, 4.69) is 5.32 Å². The van der Waals surface area contributed by atoms with Crippen molar-refractivity contribution in [3.63, 3.8) is 0 Å². The molecular formula is C19H21N3O3S. The molecule has 1 aromatic carbocycles. The molecule has 1 fully saturated rings. The largest absolute Gasteiger partial charge is 0.369 e. The maximum Gasteiger partial charge on any atom is 0.262 e. The second-order valence-electron chi connectivity index (χ2n) is 6.30. The first kappa shape index (κ1) is 18.1. The highest BCUT2D eigenvalue weighted by Crippen LogP contribution is 2.22. The van der Waals surface area contributed by atoms with E-state index in [0.717, 1.165) is 5.56 Å². The second kappa shape index (κ2) is 8.14. The van der Waals surface area contributed by atoms with E-state index in [0.29, 0.717) is 30.8 Å². The van der Waals surface area contributed by atoms with Gasteiger partial charge in [0.05, 0.1) is 4.88 Å². The fourth-order valence-corrected chi connectivity index (χ4v) is 3.74. The first-order chi connectivity index (χ1) is 12.6. The first-order valence-electron chi connectivity index (χ1n) is 8.53. The fourth-order valence-electron chi connectivity index (χ4n) is 3.11. The summed E-state index contributed by atoms with van der Waals surface area (Å²) in [4.78, 5) is 39.2. The fraction of sp³-hybridized carbons (Fsp3) is 0.316. The molecule has 0 radical (unpaired) electrons. The summed E-state index contributed by atoms with van der Waals surface area (Å²) in [5, 5.41) is 4.68. The topological polar surface area (TPSA) is 92.5 Å². The number of piperidine rings is 1. The van der Waals surface area contributed by atoms with E-state index in [1.165, 1.54) is 11.3 Å². The average molecular weight is 371 g/mol. The minimum absolute atomic E-state index is 0.163. The summed E-state index contributed by atoms with van der Waals surface area (Å²) < 4.78 is 0. The van der Waals surface area contributed by atoms with Gasteiger partial charge in [0.25, 0.3) is 5.91 Å². The zero-order valence-electron chi connectivity index (χ0n) is 14.3. The van der Waals surface area contributed by atoms with Crippen LogP contribution in [0.25, 0.3) is 0 Å². The number of primary amides is 1. The molecule has 0 aliphatic carbocycles. The molecule has 0 saturated carbocycles. The van der Waals surface area contributed by atoms with Gasteiger partial charge in [0, 0.05) is 19.0 Å². The molecule has 136 valence electrons. The number of rotatable bonds is 5. The van der Waals surface area contributed by atoms with Crippen LogP contribution in [0.15, 0.2) is 47.8 Å². The Labute approximate surface area is 156 Å². The standard InChI is InChI=1S/C19H21N3O3S/c20-17(23)14-8-10-22(11-9-14)19(25)16(13-5-2-1-3-6-13)21-18(24)15-7-4-12-26-15/h1-7,12,14,16H,8-11H2,(H2,20,23)(H,21,24). The van der Waals surface area contributed by atoms with Gasteiger partial charge in [-0.15, -0.1) is 11.3 Å². The molecule has 1 atom stereocenters. The van der Waals surface area contributed by atoms with E-state index in [1.54, 1.807) is 17.0 Å². The normalized spacial score (nSPS) is 16.1. The molecule has 1 saturated heterocycles. The molecule has 6 nitrogen and oxygen atoms in total. The molecular weight excluding hydrogens is 350 g/mol. The minimum atomic E-state index is -0.754. The molecule has 0 spiro atoms. The predicted octanol–water partition coefficient (Wildman–Crippen LogP) is 1.94. The molecule has 1 aliphatic heterocycles. The zero-order valence-corrected chi connectivity index (χ0v) is 15.1. The van der Waals surface area contributed by atoms with Gasteiger partial charge in [0.15, 0.2) is 0 Å². The van der Waals surface area contributed by atoms with E-state index >= 15 is 0 Å². The quantitative estimate of drug-likeness (QED) is 0.841. The molecule has 3 rings (SSSR count). The highest BCUT2D eigenvalue weighted by atomic mass is 32.1. The van der Waals surface area contributed by atoms with Crippen LogP contribution in [0.4, 0.5) is 0 Å². The van der Waals surface area contributed by atoms with Gasteiger partial charge < -0.3 is 16.0 Å². The first-order valence-corrected chi connectivity index (χ1v) is 9.41. The van der Waals surface area contributed by atoms with Gasteiger partial charge in [0.2, 0.25) is 11.8 Å². The maximum atomic E-state index is 13.1. The van der Waals surface area contributed by atoms with E-state index in [9.17, 15) is 14.4 Å². The number of benzene rings is 1. The van der Waals surface area contributed by atoms with Crippen molar-refractivity contribution in [1.82, 2.24) is 10.2 Å². The highest BCUT2D eigenvalue weighted by molar-refractivity contribution is 7.12. The molecule has 2 heterocycles. The number of hydrogen-bond donors (Lipinski definition) is 2. The van der Waals surface area contributed by atoms with Crippen LogP contribution in [0, 0.1) is 5.92 Å². The van der Waals surface area contributed by atoms with E-state index in [4.69, 9.17) is 5.73 Å². The van der Waals surface area contributed by atoms with Crippen molar-refractivity contribution in [1.29, 1.82) is 0 Å². The number of carbonyl (C=O) groups excluding carboxylic acids is 3. The molecule has 26 heavy (non-hydrogen) atoms. The van der Waals surface area contributed by atoms with Crippen molar-refractivity contribution < 1.29 is 14.4 Å². The van der Waals surface area contributed by atoms with Crippen LogP contribution >= 0.6 is 11.3 Å². The number of nitrogens with two attached hydrogens (primary N) is 1. The number of amides is 3. The molecule has 7 heteroatoms. The van der Waals surface area contributed by atoms with Gasteiger partial charge in [-0.2, -0.15) is 0 Å². The molecule has 3 amide bonds. The van der Waals surface area contributed by atoms with E-state index < -0.39 is 6.04 Å². The maximum absolute atomic E-state index is 13.1. The van der Waals surface area contributed by atoms with Gasteiger partial charge in [-0.05, 0) is 29.9 Å². The summed E-state index contributed by atoms with van der Waals surface area (Å²) in [5.74, 6) is -0.934. The Morgan fingerprint density at radius 3 is 2.35 bits per heavy atom. The monoisotopic (exact) mass is 371 g/mol. The lowest BCUT2D eigenvalue weighted by molar-refractivity contribution is -0.136. The summed E-state index contributed by atoms with van der Waals surface area (Å²) >= 11 is 1.33. The second-order valence-corrected chi connectivity index (χ2v) is 7.24. The Kier molecular flexibility index (Phi) is 5.68. The minimum Gasteiger partial charge on any atom is -0.369 e. The molecule has 1 unspecified atom stereocenters. The molecule has 2 aromatic rings. The van der Waals surface area contributed by atoms with Crippen LogP contribution < -0.4 is 11.1 Å². The summed E-state index contributed by atoms with van der Waals surface area (Å²) in [7, 11) is 0. The number of carbonyl (C=O) groups is 3. The van der Waals surface area contributed by atoms with Crippen LogP contribution in [0.5, 0.6) is 0 Å². The van der Waals surface area contributed by atoms with Crippen LogP contribution in [0.1, 0.15) is 34.1 Å². The van der Waals surface area contributed by atoms with E-state index in [-0.39, 0.29) is 23.6 Å². The van der Waals surface area contributed by atoms with Gasteiger partial charge in [0.1, 0.15) is 6.04 Å². The number of thiophene rings is 1. The smallest absolute Gasteiger partial charge is 0.262 e. The summed E-state index contributed by atoms with van der Waals surface area (Å²) in [5.41, 5.74) is 6.10. The van der Waals surface area contributed by atoms with Crippen molar-refractivity contribution in [3.05, 3.63) is 58.3 Å². The molecule has 1 aromatic heterocycles. The average Bonchev–Trinajstić information content (AvgIpc) is 3.21. The lowest BCUT2D eigenvalue weighted by Crippen LogP contribution is -2.47. The van der Waals surface area contributed by atoms with Gasteiger partial charge in [-0.1, -0.05) is 36.4 Å². The number of nitrogens with zero attached hydrogens (tertiary/aromatic N) is 1. The van der Waals surface area contributed by atoms with Crippen LogP contribution in [0.3, 0.4) is 0 Å². The van der Waals surface area contributed by atoms with Crippen LogP contribution in [-0.2, 0) is 9.59 Å². The summed E-state index contributed by atoms with van der Waals surface area (Å²) in [6, 6.07) is 12.0. The lowest BCUT2D eigenvalue weighted by atomic mass is 9.95. The summed E-state index contributed by atoms with van der Waals surface area (Å²) in [6.07, 6.45) is 1.11.